The fourth-order valence-corrected chi connectivity index (χ4v) is 2.53. The minimum atomic E-state index is -0.506. The third-order valence-electron chi connectivity index (χ3n) is 2.99. The molecule has 4 nitrogen and oxygen atoms in total. The number of nitrogens with zero attached hydrogens (tertiary/aromatic N) is 3. The third kappa shape index (κ3) is 2.06. The van der Waals surface area contributed by atoms with Crippen molar-refractivity contribution in [1.82, 2.24) is 9.36 Å². The summed E-state index contributed by atoms with van der Waals surface area (Å²) in [7, 11) is 0. The summed E-state index contributed by atoms with van der Waals surface area (Å²) in [6, 6.07) is 0. The van der Waals surface area contributed by atoms with Crippen LogP contribution in [-0.2, 0) is 5.41 Å². The molecule has 0 aliphatic carbocycles. The largest absolute Gasteiger partial charge is 0.386 e. The molecular formula is C11H19N3OS. The minimum Gasteiger partial charge on any atom is -0.386 e. The summed E-state index contributed by atoms with van der Waals surface area (Å²) >= 11 is 1.43. The summed E-state index contributed by atoms with van der Waals surface area (Å²) in [5, 5.41) is 10.9. The first-order valence-corrected chi connectivity index (χ1v) is 6.43. The van der Waals surface area contributed by atoms with Gasteiger partial charge in [-0.15, -0.1) is 0 Å². The molecule has 1 N–H and O–H groups in total. The molecule has 0 radical (unpaired) electrons. The number of aliphatic hydroxyl groups is 1. The van der Waals surface area contributed by atoms with Crippen molar-refractivity contribution in [3.8, 4) is 0 Å². The van der Waals surface area contributed by atoms with Gasteiger partial charge in [0, 0.05) is 16.9 Å². The smallest absolute Gasteiger partial charge is 0.205 e. The van der Waals surface area contributed by atoms with E-state index >= 15 is 0 Å². The molecule has 1 aliphatic heterocycles. The predicted molar refractivity (Wildman–Crippen MR) is 66.1 cm³/mol. The van der Waals surface area contributed by atoms with Crippen molar-refractivity contribution >= 4 is 16.7 Å². The highest BCUT2D eigenvalue weighted by atomic mass is 32.1. The summed E-state index contributed by atoms with van der Waals surface area (Å²) in [4.78, 5) is 6.62. The molecule has 0 unspecified atom stereocenters. The lowest BCUT2D eigenvalue weighted by atomic mass is 9.92. The Kier molecular flexibility index (Phi) is 2.70. The average Bonchev–Trinajstić information content (AvgIpc) is 2.60. The summed E-state index contributed by atoms with van der Waals surface area (Å²) in [5.41, 5.74) is -0.506. The second kappa shape index (κ2) is 3.67. The van der Waals surface area contributed by atoms with E-state index in [9.17, 15) is 5.11 Å². The van der Waals surface area contributed by atoms with Gasteiger partial charge in [0.15, 0.2) is 0 Å². The van der Waals surface area contributed by atoms with Crippen LogP contribution in [-0.4, -0.2) is 33.2 Å². The quantitative estimate of drug-likeness (QED) is 0.857. The maximum absolute atomic E-state index is 9.93. The lowest BCUT2D eigenvalue weighted by Gasteiger charge is -2.45. The van der Waals surface area contributed by atoms with Crippen molar-refractivity contribution in [3.63, 3.8) is 0 Å². The van der Waals surface area contributed by atoms with Crippen molar-refractivity contribution in [2.45, 2.75) is 45.1 Å². The molecule has 0 bridgehead atoms. The van der Waals surface area contributed by atoms with E-state index < -0.39 is 5.60 Å². The lowest BCUT2D eigenvalue weighted by Crippen LogP contribution is -2.61. The van der Waals surface area contributed by atoms with Gasteiger partial charge in [0.05, 0.1) is 18.7 Å². The topological polar surface area (TPSA) is 49.2 Å². The molecule has 0 spiro atoms. The monoisotopic (exact) mass is 241 g/mol. The SMILES string of the molecule is CCC1(O)CN(c2nc(C(C)(C)C)ns2)C1. The first kappa shape index (κ1) is 11.8. The Morgan fingerprint density at radius 1 is 1.44 bits per heavy atom. The highest BCUT2D eigenvalue weighted by Gasteiger charge is 2.41. The third-order valence-corrected chi connectivity index (χ3v) is 3.76. The molecule has 0 saturated carbocycles. The van der Waals surface area contributed by atoms with Gasteiger partial charge in [0.2, 0.25) is 5.13 Å². The van der Waals surface area contributed by atoms with Crippen LogP contribution < -0.4 is 4.90 Å². The maximum atomic E-state index is 9.93. The maximum Gasteiger partial charge on any atom is 0.205 e. The zero-order valence-electron chi connectivity index (χ0n) is 10.3. The Labute approximate surface area is 100 Å². The summed E-state index contributed by atoms with van der Waals surface area (Å²) in [5.74, 6) is 0.888. The zero-order chi connectivity index (χ0) is 12.0. The van der Waals surface area contributed by atoms with E-state index in [-0.39, 0.29) is 5.41 Å². The van der Waals surface area contributed by atoms with Gasteiger partial charge < -0.3 is 10.0 Å². The number of aromatic nitrogens is 2. The Morgan fingerprint density at radius 3 is 2.50 bits per heavy atom. The van der Waals surface area contributed by atoms with Crippen molar-refractivity contribution < 1.29 is 5.11 Å². The van der Waals surface area contributed by atoms with Crippen LogP contribution in [0.4, 0.5) is 5.13 Å². The standard InChI is InChI=1S/C11H19N3OS/c1-5-11(15)6-14(7-11)9-12-8(13-16-9)10(2,3)4/h15H,5-7H2,1-4H3. The van der Waals surface area contributed by atoms with Crippen LogP contribution in [0.1, 0.15) is 39.9 Å². The molecule has 0 atom stereocenters. The Morgan fingerprint density at radius 2 is 2.06 bits per heavy atom. The van der Waals surface area contributed by atoms with Crippen LogP contribution in [0.25, 0.3) is 0 Å². The van der Waals surface area contributed by atoms with E-state index in [0.29, 0.717) is 13.1 Å². The molecule has 90 valence electrons. The van der Waals surface area contributed by atoms with Gasteiger partial charge in [-0.25, -0.2) is 4.98 Å². The minimum absolute atomic E-state index is 0.000671. The second-order valence-corrected chi connectivity index (χ2v) is 6.31. The number of hydrogen-bond acceptors (Lipinski definition) is 5. The molecule has 1 aromatic rings. The molecule has 1 saturated heterocycles. The van der Waals surface area contributed by atoms with E-state index in [0.717, 1.165) is 17.4 Å². The summed E-state index contributed by atoms with van der Waals surface area (Å²) in [6.45, 7) is 9.70. The fraction of sp³-hybridized carbons (Fsp3) is 0.818. The number of hydrogen-bond donors (Lipinski definition) is 1. The Bertz CT molecular complexity index is 377. The average molecular weight is 241 g/mol. The van der Waals surface area contributed by atoms with Gasteiger partial charge in [-0.2, -0.15) is 4.37 Å². The Hall–Kier alpha value is -0.680. The Balaban J connectivity index is 2.06. The molecule has 2 heterocycles. The van der Waals surface area contributed by atoms with Crippen LogP contribution >= 0.6 is 11.5 Å². The molecule has 0 aromatic carbocycles. The summed E-state index contributed by atoms with van der Waals surface area (Å²) in [6.07, 6.45) is 0.800. The first-order chi connectivity index (χ1) is 7.34. The lowest BCUT2D eigenvalue weighted by molar-refractivity contribution is 0.00849. The zero-order valence-corrected chi connectivity index (χ0v) is 11.1. The van der Waals surface area contributed by atoms with Crippen LogP contribution in [0, 0.1) is 0 Å². The second-order valence-electron chi connectivity index (χ2n) is 5.58. The van der Waals surface area contributed by atoms with Crippen LogP contribution in [0.15, 0.2) is 0 Å². The van der Waals surface area contributed by atoms with E-state index in [1.807, 2.05) is 6.92 Å². The van der Waals surface area contributed by atoms with Gasteiger partial charge in [-0.05, 0) is 6.42 Å². The van der Waals surface area contributed by atoms with Gasteiger partial charge in [0.1, 0.15) is 5.82 Å². The van der Waals surface area contributed by atoms with E-state index in [1.54, 1.807) is 0 Å². The molecule has 5 heteroatoms. The molecule has 2 rings (SSSR count). The molecule has 1 aromatic heterocycles. The fourth-order valence-electron chi connectivity index (χ4n) is 1.67. The van der Waals surface area contributed by atoms with Crippen molar-refractivity contribution in [2.24, 2.45) is 0 Å². The number of anilines is 1. The molecule has 1 aliphatic rings. The molecule has 1 fully saturated rings. The van der Waals surface area contributed by atoms with Crippen LogP contribution in [0.2, 0.25) is 0 Å². The summed E-state index contributed by atoms with van der Waals surface area (Å²) < 4.78 is 4.37. The predicted octanol–water partition coefficient (Wildman–Crippen LogP) is 1.80. The van der Waals surface area contributed by atoms with Gasteiger partial charge in [-0.1, -0.05) is 27.7 Å². The molecule has 16 heavy (non-hydrogen) atoms. The molecular weight excluding hydrogens is 222 g/mol. The number of rotatable bonds is 2. The van der Waals surface area contributed by atoms with Crippen LogP contribution in [0.3, 0.4) is 0 Å². The first-order valence-electron chi connectivity index (χ1n) is 5.65. The normalized spacial score (nSPS) is 19.7. The van der Waals surface area contributed by atoms with E-state index in [2.05, 4.69) is 35.0 Å². The van der Waals surface area contributed by atoms with Gasteiger partial charge >= 0.3 is 0 Å². The van der Waals surface area contributed by atoms with E-state index in [1.165, 1.54) is 11.5 Å². The highest BCUT2D eigenvalue weighted by Crippen LogP contribution is 2.32. The van der Waals surface area contributed by atoms with Crippen LogP contribution in [0.5, 0.6) is 0 Å². The van der Waals surface area contributed by atoms with Gasteiger partial charge in [0.25, 0.3) is 0 Å². The van der Waals surface area contributed by atoms with Crippen molar-refractivity contribution in [1.29, 1.82) is 0 Å². The van der Waals surface area contributed by atoms with Crippen molar-refractivity contribution in [3.05, 3.63) is 5.82 Å². The highest BCUT2D eigenvalue weighted by molar-refractivity contribution is 7.09. The van der Waals surface area contributed by atoms with Crippen molar-refractivity contribution in [2.75, 3.05) is 18.0 Å². The van der Waals surface area contributed by atoms with E-state index in [4.69, 9.17) is 0 Å². The number of β-amino-alcohol motifs (C(OH)–C–C–N with tert-alkyl or cyclic N) is 1. The molecule has 0 amide bonds. The van der Waals surface area contributed by atoms with Gasteiger partial charge in [-0.3, -0.25) is 0 Å².